The van der Waals surface area contributed by atoms with E-state index in [0.29, 0.717) is 5.92 Å². The molecule has 0 spiro atoms. The smallest absolute Gasteiger partial charge is 0.215 e. The van der Waals surface area contributed by atoms with Crippen LogP contribution in [0, 0.1) is 5.92 Å². The monoisotopic (exact) mass is 262 g/mol. The third kappa shape index (κ3) is 4.23. The highest BCUT2D eigenvalue weighted by Crippen LogP contribution is 2.28. The number of sulfonamides is 1. The zero-order chi connectivity index (χ0) is 12.9. The Bertz CT molecular complexity index is 310. The highest BCUT2D eigenvalue weighted by atomic mass is 32.2. The van der Waals surface area contributed by atoms with Crippen LogP contribution in [0.25, 0.3) is 0 Å². The molecule has 2 atom stereocenters. The van der Waals surface area contributed by atoms with Crippen molar-refractivity contribution in [3.05, 3.63) is 0 Å². The van der Waals surface area contributed by atoms with E-state index in [1.165, 1.54) is 19.3 Å². The maximum absolute atomic E-state index is 12.0. The minimum absolute atomic E-state index is 0.0919. The first-order valence-electron chi connectivity index (χ1n) is 6.72. The van der Waals surface area contributed by atoms with Crippen LogP contribution in [-0.2, 0) is 10.0 Å². The topological polar surface area (TPSA) is 72.2 Å². The standard InChI is InChI=1S/C12H26N2O2S/c1-3-12(11-7-5-4-6-8-11)14-17(15,16)10(2)9-13/h10-12,14H,3-9,13H2,1-2H3. The quantitative estimate of drug-likeness (QED) is 0.764. The van der Waals surface area contributed by atoms with E-state index in [-0.39, 0.29) is 12.6 Å². The summed E-state index contributed by atoms with van der Waals surface area (Å²) in [5.41, 5.74) is 5.43. The maximum Gasteiger partial charge on any atom is 0.215 e. The first-order valence-corrected chi connectivity index (χ1v) is 8.27. The van der Waals surface area contributed by atoms with Gasteiger partial charge in [0.05, 0.1) is 5.25 Å². The Morgan fingerprint density at radius 2 is 1.88 bits per heavy atom. The minimum Gasteiger partial charge on any atom is -0.329 e. The molecule has 1 fully saturated rings. The third-order valence-corrected chi connectivity index (χ3v) is 5.72. The molecule has 0 heterocycles. The van der Waals surface area contributed by atoms with Crippen molar-refractivity contribution in [1.82, 2.24) is 4.72 Å². The number of hydrogen-bond acceptors (Lipinski definition) is 3. The molecular formula is C12H26N2O2S. The lowest BCUT2D eigenvalue weighted by atomic mass is 9.83. The van der Waals surface area contributed by atoms with Gasteiger partial charge in [-0.25, -0.2) is 13.1 Å². The van der Waals surface area contributed by atoms with Gasteiger partial charge in [0.25, 0.3) is 0 Å². The van der Waals surface area contributed by atoms with Gasteiger partial charge in [0.2, 0.25) is 10.0 Å². The Morgan fingerprint density at radius 1 is 1.29 bits per heavy atom. The van der Waals surface area contributed by atoms with Gasteiger partial charge in [-0.2, -0.15) is 0 Å². The van der Waals surface area contributed by atoms with E-state index >= 15 is 0 Å². The van der Waals surface area contributed by atoms with Crippen molar-refractivity contribution in [2.24, 2.45) is 11.7 Å². The van der Waals surface area contributed by atoms with Crippen LogP contribution in [0.15, 0.2) is 0 Å². The molecule has 0 radical (unpaired) electrons. The lowest BCUT2D eigenvalue weighted by molar-refractivity contribution is 0.285. The molecule has 2 unspecified atom stereocenters. The molecule has 3 N–H and O–H groups in total. The second-order valence-corrected chi connectivity index (χ2v) is 7.25. The van der Waals surface area contributed by atoms with Gasteiger partial charge < -0.3 is 5.73 Å². The van der Waals surface area contributed by atoms with Crippen LogP contribution in [0.5, 0.6) is 0 Å². The molecule has 17 heavy (non-hydrogen) atoms. The normalized spacial score (nSPS) is 22.3. The van der Waals surface area contributed by atoms with Crippen molar-refractivity contribution >= 4 is 10.0 Å². The summed E-state index contributed by atoms with van der Waals surface area (Å²) in [6.07, 6.45) is 6.92. The van der Waals surface area contributed by atoms with Gasteiger partial charge >= 0.3 is 0 Å². The molecular weight excluding hydrogens is 236 g/mol. The van der Waals surface area contributed by atoms with E-state index in [4.69, 9.17) is 5.73 Å². The first kappa shape index (κ1) is 14.9. The molecule has 0 aromatic carbocycles. The molecule has 1 aliphatic rings. The van der Waals surface area contributed by atoms with Crippen molar-refractivity contribution < 1.29 is 8.42 Å². The van der Waals surface area contributed by atoms with Gasteiger partial charge in [-0.3, -0.25) is 0 Å². The average molecular weight is 262 g/mol. The van der Waals surface area contributed by atoms with Gasteiger partial charge in [0, 0.05) is 12.6 Å². The minimum atomic E-state index is -3.25. The van der Waals surface area contributed by atoms with E-state index in [9.17, 15) is 8.42 Å². The van der Waals surface area contributed by atoms with E-state index in [0.717, 1.165) is 19.3 Å². The highest BCUT2D eigenvalue weighted by molar-refractivity contribution is 7.90. The molecule has 1 saturated carbocycles. The van der Waals surface area contributed by atoms with Crippen LogP contribution in [-0.4, -0.2) is 26.3 Å². The summed E-state index contributed by atoms with van der Waals surface area (Å²) in [5, 5.41) is -0.500. The molecule has 0 aromatic rings. The van der Waals surface area contributed by atoms with E-state index in [1.807, 2.05) is 0 Å². The Morgan fingerprint density at radius 3 is 2.35 bits per heavy atom. The predicted octanol–water partition coefficient (Wildman–Crippen LogP) is 1.61. The van der Waals surface area contributed by atoms with Crippen molar-refractivity contribution in [2.45, 2.75) is 63.7 Å². The Hall–Kier alpha value is -0.130. The fourth-order valence-electron chi connectivity index (χ4n) is 2.50. The Labute approximate surface area is 105 Å². The summed E-state index contributed by atoms with van der Waals surface area (Å²) in [6, 6.07) is 0.0919. The number of nitrogens with one attached hydrogen (secondary N) is 1. The predicted molar refractivity (Wildman–Crippen MR) is 71.2 cm³/mol. The van der Waals surface area contributed by atoms with Gasteiger partial charge in [0.1, 0.15) is 0 Å². The van der Waals surface area contributed by atoms with Gasteiger partial charge in [-0.05, 0) is 32.1 Å². The van der Waals surface area contributed by atoms with E-state index < -0.39 is 15.3 Å². The zero-order valence-electron chi connectivity index (χ0n) is 11.0. The third-order valence-electron chi connectivity index (χ3n) is 3.84. The molecule has 4 nitrogen and oxygen atoms in total. The molecule has 5 heteroatoms. The molecule has 0 bridgehead atoms. The van der Waals surface area contributed by atoms with E-state index in [2.05, 4.69) is 11.6 Å². The molecule has 0 aliphatic heterocycles. The second-order valence-electron chi connectivity index (χ2n) is 5.12. The summed E-state index contributed by atoms with van der Waals surface area (Å²) < 4.78 is 26.8. The fraction of sp³-hybridized carbons (Fsp3) is 1.00. The van der Waals surface area contributed by atoms with Crippen LogP contribution in [0.4, 0.5) is 0 Å². The van der Waals surface area contributed by atoms with Crippen LogP contribution in [0.1, 0.15) is 52.4 Å². The summed E-state index contributed by atoms with van der Waals surface area (Å²) in [6.45, 7) is 3.89. The largest absolute Gasteiger partial charge is 0.329 e. The second kappa shape index (κ2) is 6.71. The summed E-state index contributed by atoms with van der Waals surface area (Å²) in [7, 11) is -3.25. The molecule has 1 rings (SSSR count). The van der Waals surface area contributed by atoms with Crippen LogP contribution >= 0.6 is 0 Å². The number of rotatable bonds is 6. The number of hydrogen-bond donors (Lipinski definition) is 2. The molecule has 0 saturated heterocycles. The molecule has 102 valence electrons. The zero-order valence-corrected chi connectivity index (χ0v) is 11.8. The average Bonchev–Trinajstić information content (AvgIpc) is 2.36. The first-order chi connectivity index (χ1) is 8.01. The summed E-state index contributed by atoms with van der Waals surface area (Å²) in [5.74, 6) is 0.508. The summed E-state index contributed by atoms with van der Waals surface area (Å²) >= 11 is 0. The van der Waals surface area contributed by atoms with Crippen molar-refractivity contribution in [1.29, 1.82) is 0 Å². The lowest BCUT2D eigenvalue weighted by Crippen LogP contribution is -2.45. The number of nitrogens with two attached hydrogens (primary N) is 1. The van der Waals surface area contributed by atoms with Crippen molar-refractivity contribution in [3.8, 4) is 0 Å². The molecule has 1 aliphatic carbocycles. The maximum atomic E-state index is 12.0. The highest BCUT2D eigenvalue weighted by Gasteiger charge is 2.28. The van der Waals surface area contributed by atoms with Crippen molar-refractivity contribution in [2.75, 3.05) is 6.54 Å². The fourth-order valence-corrected chi connectivity index (χ4v) is 3.77. The molecule has 0 amide bonds. The van der Waals surface area contributed by atoms with Crippen molar-refractivity contribution in [3.63, 3.8) is 0 Å². The van der Waals surface area contributed by atoms with Gasteiger partial charge in [0.15, 0.2) is 0 Å². The molecule has 0 aromatic heterocycles. The van der Waals surface area contributed by atoms with Crippen LogP contribution in [0.3, 0.4) is 0 Å². The van der Waals surface area contributed by atoms with E-state index in [1.54, 1.807) is 6.92 Å². The Kier molecular flexibility index (Phi) is 5.89. The van der Waals surface area contributed by atoms with Gasteiger partial charge in [-0.15, -0.1) is 0 Å². The van der Waals surface area contributed by atoms with Gasteiger partial charge in [-0.1, -0.05) is 26.2 Å². The van der Waals surface area contributed by atoms with Crippen LogP contribution < -0.4 is 10.5 Å². The SMILES string of the molecule is CCC(NS(=O)(=O)C(C)CN)C1CCCCC1. The lowest BCUT2D eigenvalue weighted by Gasteiger charge is -2.30. The van der Waals surface area contributed by atoms with Crippen LogP contribution in [0.2, 0.25) is 0 Å². The Balaban J connectivity index is 2.62. The summed E-state index contributed by atoms with van der Waals surface area (Å²) in [4.78, 5) is 0.